The molecule has 0 fully saturated rings. The predicted molar refractivity (Wildman–Crippen MR) is 117 cm³/mol. The van der Waals surface area contributed by atoms with E-state index in [-0.39, 0.29) is 5.16 Å². The number of aryl methyl sites for hydroxylation is 1. The first-order chi connectivity index (χ1) is 14.7. The van der Waals surface area contributed by atoms with Crippen molar-refractivity contribution in [3.05, 3.63) is 64.1 Å². The van der Waals surface area contributed by atoms with Crippen molar-refractivity contribution in [3.63, 3.8) is 0 Å². The van der Waals surface area contributed by atoms with Crippen LogP contribution in [0.5, 0.6) is 5.75 Å². The van der Waals surface area contributed by atoms with Crippen molar-refractivity contribution >= 4 is 33.4 Å². The van der Waals surface area contributed by atoms with Crippen LogP contribution in [-0.2, 0) is 6.18 Å². The summed E-state index contributed by atoms with van der Waals surface area (Å²) in [5.74, 6) is 0.654. The monoisotopic (exact) mass is 463 g/mol. The molecule has 0 unspecified atom stereocenters. The molecule has 0 amide bonds. The highest BCUT2D eigenvalue weighted by atomic mass is 32.2. The highest BCUT2D eigenvalue weighted by molar-refractivity contribution is 7.98. The Morgan fingerprint density at radius 1 is 1.13 bits per heavy atom. The van der Waals surface area contributed by atoms with E-state index in [0.29, 0.717) is 23.2 Å². The fraction of sp³-hybridized carbons (Fsp3) is 0.190. The topological polar surface area (TPSA) is 57.0 Å². The Morgan fingerprint density at radius 3 is 2.58 bits per heavy atom. The Kier molecular flexibility index (Phi) is 5.52. The van der Waals surface area contributed by atoms with E-state index in [1.54, 1.807) is 31.6 Å². The Balaban J connectivity index is 1.94. The van der Waals surface area contributed by atoms with Gasteiger partial charge in [-0.3, -0.25) is 9.36 Å². The lowest BCUT2D eigenvalue weighted by atomic mass is 10.0. The minimum Gasteiger partial charge on any atom is -0.496 e. The Bertz CT molecular complexity index is 1350. The van der Waals surface area contributed by atoms with Crippen molar-refractivity contribution in [2.45, 2.75) is 18.3 Å². The molecule has 10 heteroatoms. The van der Waals surface area contributed by atoms with Crippen LogP contribution in [0.3, 0.4) is 0 Å². The summed E-state index contributed by atoms with van der Waals surface area (Å²) in [4.78, 5) is 16.3. The fourth-order valence-corrected chi connectivity index (χ4v) is 4.58. The molecule has 4 aromatic rings. The van der Waals surface area contributed by atoms with Gasteiger partial charge in [-0.2, -0.15) is 17.5 Å². The maximum atomic E-state index is 13.1. The van der Waals surface area contributed by atoms with Crippen LogP contribution in [0.15, 0.2) is 52.4 Å². The molecule has 0 saturated heterocycles. The van der Waals surface area contributed by atoms with Crippen LogP contribution in [0.25, 0.3) is 27.0 Å². The standard InChI is InChI=1S/C21H16F3N3O2S2/c1-11-4-6-15(29-2)13(8-11)19-14-9-12(5-7-16(14)31-26-19)27-18(28)10-17(21(22,23)24)25-20(27)30-3/h4-10H,1-3H3. The molecule has 2 aromatic carbocycles. The molecule has 0 N–H and O–H groups in total. The quantitative estimate of drug-likeness (QED) is 0.293. The van der Waals surface area contributed by atoms with E-state index < -0.39 is 17.4 Å². The number of rotatable bonds is 4. The summed E-state index contributed by atoms with van der Waals surface area (Å²) in [6, 6.07) is 11.5. The van der Waals surface area contributed by atoms with E-state index in [4.69, 9.17) is 4.74 Å². The number of halogens is 3. The fourth-order valence-electron chi connectivity index (χ4n) is 3.25. The summed E-state index contributed by atoms with van der Waals surface area (Å²) in [5, 5.41) is 0.724. The van der Waals surface area contributed by atoms with Crippen molar-refractivity contribution in [1.29, 1.82) is 0 Å². The number of ether oxygens (including phenoxy) is 1. The lowest BCUT2D eigenvalue weighted by molar-refractivity contribution is -0.141. The largest absolute Gasteiger partial charge is 0.496 e. The average molecular weight is 464 g/mol. The predicted octanol–water partition coefficient (Wildman–Crippen LogP) is 5.57. The number of hydrogen-bond donors (Lipinski definition) is 0. The van der Waals surface area contributed by atoms with Gasteiger partial charge in [0.25, 0.3) is 5.56 Å². The van der Waals surface area contributed by atoms with Crippen molar-refractivity contribution in [1.82, 2.24) is 13.9 Å². The molecule has 2 heterocycles. The number of hydrogen-bond acceptors (Lipinski definition) is 6. The molecular weight excluding hydrogens is 447 g/mol. The van der Waals surface area contributed by atoms with Crippen molar-refractivity contribution in [2.24, 2.45) is 0 Å². The molecule has 0 spiro atoms. The van der Waals surface area contributed by atoms with Crippen LogP contribution in [0.4, 0.5) is 13.2 Å². The van der Waals surface area contributed by atoms with Crippen molar-refractivity contribution in [3.8, 4) is 22.7 Å². The highest BCUT2D eigenvalue weighted by Crippen LogP contribution is 2.38. The third kappa shape index (κ3) is 3.92. The minimum absolute atomic E-state index is 0.0444. The number of nitrogens with zero attached hydrogens (tertiary/aromatic N) is 3. The molecular formula is C21H16F3N3O2S2. The second-order valence-electron chi connectivity index (χ2n) is 6.71. The number of aromatic nitrogens is 3. The van der Waals surface area contributed by atoms with Gasteiger partial charge in [0.15, 0.2) is 10.9 Å². The zero-order chi connectivity index (χ0) is 22.3. The van der Waals surface area contributed by atoms with Gasteiger partial charge >= 0.3 is 6.18 Å². The Hall–Kier alpha value is -2.85. The smallest absolute Gasteiger partial charge is 0.433 e. The molecule has 4 rings (SSSR count). The molecule has 0 saturated carbocycles. The van der Waals surface area contributed by atoms with Crippen LogP contribution < -0.4 is 10.3 Å². The molecule has 0 aliphatic heterocycles. The summed E-state index contributed by atoms with van der Waals surface area (Å²) in [6.45, 7) is 1.96. The van der Waals surface area contributed by atoms with Crippen LogP contribution >= 0.6 is 23.3 Å². The molecule has 2 aromatic heterocycles. The number of fused-ring (bicyclic) bond motifs is 1. The Labute approximate surface area is 183 Å². The third-order valence-electron chi connectivity index (χ3n) is 4.68. The van der Waals surface area contributed by atoms with E-state index in [9.17, 15) is 18.0 Å². The van der Waals surface area contributed by atoms with Crippen LogP contribution in [0.1, 0.15) is 11.3 Å². The van der Waals surface area contributed by atoms with E-state index in [1.807, 2.05) is 25.1 Å². The van der Waals surface area contributed by atoms with Gasteiger partial charge in [-0.1, -0.05) is 23.4 Å². The van der Waals surface area contributed by atoms with Gasteiger partial charge in [-0.05, 0) is 55.0 Å². The summed E-state index contributed by atoms with van der Waals surface area (Å²) in [7, 11) is 1.58. The normalized spacial score (nSPS) is 11.8. The summed E-state index contributed by atoms with van der Waals surface area (Å²) >= 11 is 2.26. The van der Waals surface area contributed by atoms with E-state index in [1.165, 1.54) is 16.1 Å². The molecule has 0 atom stereocenters. The lowest BCUT2D eigenvalue weighted by Gasteiger charge is -2.13. The van der Waals surface area contributed by atoms with Crippen LogP contribution in [0, 0.1) is 6.92 Å². The highest BCUT2D eigenvalue weighted by Gasteiger charge is 2.34. The van der Waals surface area contributed by atoms with Crippen LogP contribution in [0.2, 0.25) is 0 Å². The summed E-state index contributed by atoms with van der Waals surface area (Å²) < 4.78 is 51.4. The molecule has 0 aliphatic carbocycles. The maximum absolute atomic E-state index is 13.1. The van der Waals surface area contributed by atoms with Gasteiger partial charge in [0.1, 0.15) is 5.75 Å². The third-order valence-corrected chi connectivity index (χ3v) is 6.15. The van der Waals surface area contributed by atoms with Crippen molar-refractivity contribution in [2.75, 3.05) is 13.4 Å². The van der Waals surface area contributed by atoms with Crippen LogP contribution in [-0.4, -0.2) is 27.3 Å². The molecule has 0 radical (unpaired) electrons. The van der Waals surface area contributed by atoms with E-state index in [2.05, 4.69) is 9.36 Å². The summed E-state index contributed by atoms with van der Waals surface area (Å²) in [5.41, 5.74) is 0.914. The minimum atomic E-state index is -4.70. The lowest BCUT2D eigenvalue weighted by Crippen LogP contribution is -2.24. The van der Waals surface area contributed by atoms with Crippen molar-refractivity contribution < 1.29 is 17.9 Å². The van der Waals surface area contributed by atoms with Gasteiger partial charge in [-0.15, -0.1) is 0 Å². The zero-order valence-corrected chi connectivity index (χ0v) is 18.3. The summed E-state index contributed by atoms with van der Waals surface area (Å²) in [6.07, 6.45) is -3.12. The number of benzene rings is 2. The SMILES string of the molecule is COc1ccc(C)cc1-c1nsc2ccc(-n3c(SC)nc(C(F)(F)F)cc3=O)cc12. The molecule has 0 aliphatic rings. The molecule has 160 valence electrons. The number of thioether (sulfide) groups is 1. The average Bonchev–Trinajstić information content (AvgIpc) is 3.15. The maximum Gasteiger partial charge on any atom is 0.433 e. The van der Waals surface area contributed by atoms with Gasteiger partial charge in [0, 0.05) is 17.0 Å². The second-order valence-corrected chi connectivity index (χ2v) is 8.29. The first kappa shape index (κ1) is 21.4. The van der Waals surface area contributed by atoms with E-state index in [0.717, 1.165) is 33.0 Å². The first-order valence-corrected chi connectivity index (χ1v) is 11.0. The Morgan fingerprint density at radius 2 is 1.90 bits per heavy atom. The van der Waals surface area contributed by atoms with Gasteiger partial charge in [0.05, 0.1) is 23.2 Å². The zero-order valence-electron chi connectivity index (χ0n) is 16.6. The molecule has 31 heavy (non-hydrogen) atoms. The number of alkyl halides is 3. The second kappa shape index (κ2) is 8.01. The molecule has 5 nitrogen and oxygen atoms in total. The van der Waals surface area contributed by atoms with Gasteiger partial charge < -0.3 is 4.74 Å². The van der Waals surface area contributed by atoms with E-state index >= 15 is 0 Å². The number of methoxy groups -OCH3 is 1. The van der Waals surface area contributed by atoms with Gasteiger partial charge in [-0.25, -0.2) is 4.98 Å². The molecule has 0 bridgehead atoms. The van der Waals surface area contributed by atoms with Gasteiger partial charge in [0.2, 0.25) is 0 Å². The first-order valence-electron chi connectivity index (χ1n) is 9.03.